The first-order valence-corrected chi connectivity index (χ1v) is 8.67. The molecule has 1 amide bonds. The van der Waals surface area contributed by atoms with E-state index in [1.54, 1.807) is 13.1 Å². The Hall–Kier alpha value is -2.94. The Morgan fingerprint density at radius 3 is 2.61 bits per heavy atom. The number of rotatable bonds is 6. The molecule has 148 valence electrons. The molecule has 2 heterocycles. The molecule has 6 nitrogen and oxygen atoms in total. The standard InChI is InChI=1S/C19H19F3N4O2/c1-3-28-9-8-23-18(27)14-10-16(25-17-15(14)11-24-26(17)2)12-4-6-13(7-5-12)19(20,21)22/h4-7,10-11H,3,8-9H2,1-2H3,(H,23,27). The quantitative estimate of drug-likeness (QED) is 0.653. The molecule has 0 unspecified atom stereocenters. The average Bonchev–Trinajstić information content (AvgIpc) is 3.05. The molecule has 2 aromatic heterocycles. The van der Waals surface area contributed by atoms with Gasteiger partial charge in [0.25, 0.3) is 5.91 Å². The summed E-state index contributed by atoms with van der Waals surface area (Å²) in [4.78, 5) is 17.1. The number of aromatic nitrogens is 3. The molecule has 3 aromatic rings. The normalized spacial score (nSPS) is 11.8. The molecular formula is C19H19F3N4O2. The summed E-state index contributed by atoms with van der Waals surface area (Å²) in [5.74, 6) is -0.326. The van der Waals surface area contributed by atoms with Crippen molar-refractivity contribution >= 4 is 16.9 Å². The zero-order chi connectivity index (χ0) is 20.3. The Kier molecular flexibility index (Phi) is 5.64. The second-order valence-electron chi connectivity index (χ2n) is 6.09. The van der Waals surface area contributed by atoms with Gasteiger partial charge in [-0.2, -0.15) is 18.3 Å². The Bertz CT molecular complexity index is 981. The maximum atomic E-state index is 12.8. The fourth-order valence-corrected chi connectivity index (χ4v) is 2.76. The summed E-state index contributed by atoms with van der Waals surface area (Å²) in [5.41, 5.74) is 0.933. The van der Waals surface area contributed by atoms with Crippen molar-refractivity contribution in [3.8, 4) is 11.3 Å². The number of aryl methyl sites for hydroxylation is 1. The number of nitrogens with one attached hydrogen (secondary N) is 1. The van der Waals surface area contributed by atoms with Crippen LogP contribution >= 0.6 is 0 Å². The summed E-state index contributed by atoms with van der Waals surface area (Å²) in [5, 5.41) is 7.46. The van der Waals surface area contributed by atoms with Crippen molar-refractivity contribution in [2.24, 2.45) is 7.05 Å². The highest BCUT2D eigenvalue weighted by Crippen LogP contribution is 2.31. The van der Waals surface area contributed by atoms with Gasteiger partial charge in [0.2, 0.25) is 0 Å². The number of nitrogens with zero attached hydrogens (tertiary/aromatic N) is 3. The van der Waals surface area contributed by atoms with Crippen molar-refractivity contribution in [1.29, 1.82) is 0 Å². The number of benzene rings is 1. The fraction of sp³-hybridized carbons (Fsp3) is 0.316. The van der Waals surface area contributed by atoms with Gasteiger partial charge in [-0.05, 0) is 25.1 Å². The molecule has 0 atom stereocenters. The number of hydrogen-bond acceptors (Lipinski definition) is 4. The summed E-state index contributed by atoms with van der Waals surface area (Å²) < 4.78 is 45.1. The summed E-state index contributed by atoms with van der Waals surface area (Å²) in [6, 6.07) is 6.22. The van der Waals surface area contributed by atoms with E-state index in [4.69, 9.17) is 4.74 Å². The first-order chi connectivity index (χ1) is 13.3. The maximum absolute atomic E-state index is 12.8. The number of carbonyl (C=O) groups excluding carboxylic acids is 1. The molecule has 9 heteroatoms. The van der Waals surface area contributed by atoms with Crippen LogP contribution in [-0.2, 0) is 18.0 Å². The fourth-order valence-electron chi connectivity index (χ4n) is 2.76. The van der Waals surface area contributed by atoms with E-state index in [9.17, 15) is 18.0 Å². The van der Waals surface area contributed by atoms with Crippen LogP contribution < -0.4 is 5.32 Å². The van der Waals surface area contributed by atoms with Crippen LogP contribution in [-0.4, -0.2) is 40.4 Å². The third kappa shape index (κ3) is 4.14. The summed E-state index contributed by atoms with van der Waals surface area (Å²) >= 11 is 0. The highest BCUT2D eigenvalue weighted by Gasteiger charge is 2.30. The van der Waals surface area contributed by atoms with Crippen LogP contribution in [0.25, 0.3) is 22.3 Å². The number of halogens is 3. The van der Waals surface area contributed by atoms with Crippen LogP contribution in [0, 0.1) is 0 Å². The Morgan fingerprint density at radius 2 is 1.96 bits per heavy atom. The number of fused-ring (bicyclic) bond motifs is 1. The van der Waals surface area contributed by atoms with Crippen molar-refractivity contribution < 1.29 is 22.7 Å². The zero-order valence-electron chi connectivity index (χ0n) is 15.4. The van der Waals surface area contributed by atoms with E-state index in [0.717, 1.165) is 12.1 Å². The van der Waals surface area contributed by atoms with Gasteiger partial charge in [0.05, 0.1) is 35.0 Å². The van der Waals surface area contributed by atoms with Gasteiger partial charge in [-0.1, -0.05) is 12.1 Å². The lowest BCUT2D eigenvalue weighted by atomic mass is 10.0. The van der Waals surface area contributed by atoms with E-state index in [-0.39, 0.29) is 5.91 Å². The second kappa shape index (κ2) is 7.97. The Labute approximate surface area is 159 Å². The molecule has 0 bridgehead atoms. The predicted molar refractivity (Wildman–Crippen MR) is 97.8 cm³/mol. The van der Waals surface area contributed by atoms with Gasteiger partial charge in [0.1, 0.15) is 0 Å². The lowest BCUT2D eigenvalue weighted by Gasteiger charge is -2.10. The topological polar surface area (TPSA) is 69.0 Å². The Balaban J connectivity index is 1.97. The van der Waals surface area contributed by atoms with Crippen LogP contribution in [0.3, 0.4) is 0 Å². The molecule has 0 saturated carbocycles. The third-order valence-corrected chi connectivity index (χ3v) is 4.19. The van der Waals surface area contributed by atoms with Crippen LogP contribution in [0.4, 0.5) is 13.2 Å². The molecule has 0 saturated heterocycles. The monoisotopic (exact) mass is 392 g/mol. The molecule has 0 fully saturated rings. The lowest BCUT2D eigenvalue weighted by Crippen LogP contribution is -2.27. The lowest BCUT2D eigenvalue weighted by molar-refractivity contribution is -0.137. The molecule has 28 heavy (non-hydrogen) atoms. The molecule has 0 aliphatic heterocycles. The van der Waals surface area contributed by atoms with Crippen molar-refractivity contribution in [3.05, 3.63) is 47.7 Å². The third-order valence-electron chi connectivity index (χ3n) is 4.19. The largest absolute Gasteiger partial charge is 0.416 e. The van der Waals surface area contributed by atoms with Crippen molar-refractivity contribution in [3.63, 3.8) is 0 Å². The highest BCUT2D eigenvalue weighted by molar-refractivity contribution is 6.06. The number of amides is 1. The smallest absolute Gasteiger partial charge is 0.380 e. The predicted octanol–water partition coefficient (Wildman–Crippen LogP) is 3.42. The van der Waals surface area contributed by atoms with E-state index < -0.39 is 11.7 Å². The molecule has 0 aliphatic rings. The number of hydrogen-bond donors (Lipinski definition) is 1. The van der Waals surface area contributed by atoms with Crippen LogP contribution in [0.2, 0.25) is 0 Å². The van der Waals surface area contributed by atoms with Crippen LogP contribution in [0.15, 0.2) is 36.5 Å². The number of alkyl halides is 3. The van der Waals surface area contributed by atoms with Gasteiger partial charge in [0.15, 0.2) is 5.65 Å². The molecule has 1 N–H and O–H groups in total. The van der Waals surface area contributed by atoms with Gasteiger partial charge in [-0.3, -0.25) is 9.48 Å². The minimum absolute atomic E-state index is 0.326. The SMILES string of the molecule is CCOCCNC(=O)c1cc(-c2ccc(C(F)(F)F)cc2)nc2c1cnn2C. The zero-order valence-corrected chi connectivity index (χ0v) is 15.4. The first kappa shape index (κ1) is 19.8. The Morgan fingerprint density at radius 1 is 1.25 bits per heavy atom. The van der Waals surface area contributed by atoms with Crippen LogP contribution in [0.5, 0.6) is 0 Å². The highest BCUT2D eigenvalue weighted by atomic mass is 19.4. The second-order valence-corrected chi connectivity index (χ2v) is 6.09. The minimum atomic E-state index is -4.41. The molecule has 0 spiro atoms. The molecule has 1 aromatic carbocycles. The van der Waals surface area contributed by atoms with Crippen LogP contribution in [0.1, 0.15) is 22.8 Å². The van der Waals surface area contributed by atoms with E-state index in [2.05, 4.69) is 15.4 Å². The number of pyridine rings is 1. The van der Waals surface area contributed by atoms with Gasteiger partial charge in [0, 0.05) is 25.8 Å². The van der Waals surface area contributed by atoms with Gasteiger partial charge in [-0.15, -0.1) is 0 Å². The summed E-state index contributed by atoms with van der Waals surface area (Å²) in [6.07, 6.45) is -2.88. The van der Waals surface area contributed by atoms with E-state index in [1.807, 2.05) is 6.92 Å². The van der Waals surface area contributed by atoms with Crippen molar-refractivity contribution in [1.82, 2.24) is 20.1 Å². The molecule has 0 radical (unpaired) electrons. The number of carbonyl (C=O) groups is 1. The number of ether oxygens (including phenoxy) is 1. The van der Waals surface area contributed by atoms with E-state index >= 15 is 0 Å². The molecular weight excluding hydrogens is 373 g/mol. The van der Waals surface area contributed by atoms with Gasteiger partial charge < -0.3 is 10.1 Å². The van der Waals surface area contributed by atoms with Gasteiger partial charge >= 0.3 is 6.18 Å². The maximum Gasteiger partial charge on any atom is 0.416 e. The van der Waals surface area contributed by atoms with Crippen molar-refractivity contribution in [2.75, 3.05) is 19.8 Å². The van der Waals surface area contributed by atoms with Crippen molar-refractivity contribution in [2.45, 2.75) is 13.1 Å². The van der Waals surface area contributed by atoms with E-state index in [0.29, 0.717) is 47.6 Å². The molecule has 3 rings (SSSR count). The molecule has 0 aliphatic carbocycles. The average molecular weight is 392 g/mol. The summed E-state index contributed by atoms with van der Waals surface area (Å²) in [7, 11) is 1.68. The van der Waals surface area contributed by atoms with E-state index in [1.165, 1.54) is 23.0 Å². The minimum Gasteiger partial charge on any atom is -0.380 e. The summed E-state index contributed by atoms with van der Waals surface area (Å²) in [6.45, 7) is 3.14. The van der Waals surface area contributed by atoms with Gasteiger partial charge in [-0.25, -0.2) is 4.98 Å². The first-order valence-electron chi connectivity index (χ1n) is 8.67.